The first-order valence-corrected chi connectivity index (χ1v) is 4.25. The van der Waals surface area contributed by atoms with Gasteiger partial charge in [0.05, 0.1) is 13.3 Å². The summed E-state index contributed by atoms with van der Waals surface area (Å²) >= 11 is 0. The molecular formula is C10H8N2O3. The predicted octanol–water partition coefficient (Wildman–Crippen LogP) is 1.52. The number of ether oxygens (including phenoxy) is 1. The number of pyridine rings is 1. The predicted molar refractivity (Wildman–Crippen MR) is 51.1 cm³/mol. The topological polar surface area (TPSA) is 65.2 Å². The number of oxazole rings is 1. The van der Waals surface area contributed by atoms with Crippen molar-refractivity contribution in [2.24, 2.45) is 0 Å². The highest BCUT2D eigenvalue weighted by Crippen LogP contribution is 2.16. The number of nitrogens with zero attached hydrogens (tertiary/aromatic N) is 2. The molecule has 0 bridgehead atoms. The molecule has 0 aliphatic heterocycles. The Morgan fingerprint density at radius 2 is 2.27 bits per heavy atom. The third-order valence-corrected chi connectivity index (χ3v) is 1.83. The lowest BCUT2D eigenvalue weighted by Gasteiger charge is -1.99. The Labute approximate surface area is 85.7 Å². The normalized spacial score (nSPS) is 9.93. The van der Waals surface area contributed by atoms with E-state index >= 15 is 0 Å². The number of aromatic nitrogens is 2. The fraction of sp³-hybridized carbons (Fsp3) is 0.100. The minimum Gasteiger partial charge on any atom is -0.464 e. The summed E-state index contributed by atoms with van der Waals surface area (Å²) in [6.07, 6.45) is 4.51. The number of carbonyl (C=O) groups excluding carboxylic acids is 1. The molecule has 0 aliphatic rings. The largest absolute Gasteiger partial charge is 0.464 e. The minimum atomic E-state index is -0.483. The Morgan fingerprint density at radius 3 is 2.93 bits per heavy atom. The SMILES string of the molecule is COC(=O)c1cc(-c2ncco2)ccn1. The van der Waals surface area contributed by atoms with Gasteiger partial charge in [0.15, 0.2) is 0 Å². The van der Waals surface area contributed by atoms with Crippen molar-refractivity contribution in [3.05, 3.63) is 36.5 Å². The first-order valence-electron chi connectivity index (χ1n) is 4.25. The number of rotatable bonds is 2. The summed E-state index contributed by atoms with van der Waals surface area (Å²) in [5, 5.41) is 0. The molecule has 5 heteroatoms. The van der Waals surface area contributed by atoms with E-state index in [9.17, 15) is 4.79 Å². The summed E-state index contributed by atoms with van der Waals surface area (Å²) in [7, 11) is 1.31. The molecule has 0 aliphatic carbocycles. The highest BCUT2D eigenvalue weighted by molar-refractivity contribution is 5.88. The van der Waals surface area contributed by atoms with E-state index in [1.807, 2.05) is 0 Å². The molecule has 15 heavy (non-hydrogen) atoms. The zero-order valence-corrected chi connectivity index (χ0v) is 8.01. The molecule has 0 spiro atoms. The van der Waals surface area contributed by atoms with Crippen molar-refractivity contribution in [1.82, 2.24) is 9.97 Å². The van der Waals surface area contributed by atoms with Gasteiger partial charge in [0.1, 0.15) is 12.0 Å². The lowest BCUT2D eigenvalue weighted by molar-refractivity contribution is 0.0594. The Kier molecular flexibility index (Phi) is 2.45. The van der Waals surface area contributed by atoms with Gasteiger partial charge in [-0.25, -0.2) is 14.8 Å². The Morgan fingerprint density at radius 1 is 1.40 bits per heavy atom. The molecule has 2 aromatic heterocycles. The summed E-state index contributed by atoms with van der Waals surface area (Å²) < 4.78 is 9.65. The molecule has 0 saturated heterocycles. The van der Waals surface area contributed by atoms with E-state index in [1.54, 1.807) is 12.1 Å². The number of methoxy groups -OCH3 is 1. The molecule has 5 nitrogen and oxygen atoms in total. The summed E-state index contributed by atoms with van der Waals surface area (Å²) in [6, 6.07) is 3.27. The summed E-state index contributed by atoms with van der Waals surface area (Å²) in [5.74, 6) is -0.0361. The van der Waals surface area contributed by atoms with E-state index in [-0.39, 0.29) is 5.69 Å². The molecule has 2 rings (SSSR count). The number of esters is 1. The van der Waals surface area contributed by atoms with Crippen LogP contribution in [0, 0.1) is 0 Å². The molecule has 0 atom stereocenters. The molecular weight excluding hydrogens is 196 g/mol. The van der Waals surface area contributed by atoms with Gasteiger partial charge in [0.2, 0.25) is 5.89 Å². The molecule has 0 fully saturated rings. The van der Waals surface area contributed by atoms with Gasteiger partial charge in [-0.05, 0) is 12.1 Å². The Balaban J connectivity index is 2.39. The standard InChI is InChI=1S/C10H8N2O3/c1-14-10(13)8-6-7(2-3-11-8)9-12-4-5-15-9/h2-6H,1H3. The van der Waals surface area contributed by atoms with Crippen LogP contribution in [0.4, 0.5) is 0 Å². The van der Waals surface area contributed by atoms with Crippen LogP contribution in [0.5, 0.6) is 0 Å². The van der Waals surface area contributed by atoms with Crippen LogP contribution < -0.4 is 0 Å². The van der Waals surface area contributed by atoms with Gasteiger partial charge >= 0.3 is 5.97 Å². The van der Waals surface area contributed by atoms with Crippen molar-refractivity contribution in [1.29, 1.82) is 0 Å². The zero-order chi connectivity index (χ0) is 10.7. The van der Waals surface area contributed by atoms with Crippen LogP contribution in [0.2, 0.25) is 0 Å². The van der Waals surface area contributed by atoms with Crippen molar-refractivity contribution in [2.75, 3.05) is 7.11 Å². The van der Waals surface area contributed by atoms with Crippen LogP contribution in [-0.4, -0.2) is 23.0 Å². The molecule has 2 aromatic rings. The molecule has 76 valence electrons. The van der Waals surface area contributed by atoms with Crippen molar-refractivity contribution in [3.8, 4) is 11.5 Å². The Hall–Kier alpha value is -2.17. The minimum absolute atomic E-state index is 0.230. The van der Waals surface area contributed by atoms with Gasteiger partial charge in [0.25, 0.3) is 0 Å². The van der Waals surface area contributed by atoms with Gasteiger partial charge < -0.3 is 9.15 Å². The molecule has 0 N–H and O–H groups in total. The quantitative estimate of drug-likeness (QED) is 0.694. The monoisotopic (exact) mass is 204 g/mol. The maximum Gasteiger partial charge on any atom is 0.356 e. The maximum atomic E-state index is 11.2. The molecule has 0 aromatic carbocycles. The van der Waals surface area contributed by atoms with Crippen LogP contribution in [0.15, 0.2) is 35.2 Å². The van der Waals surface area contributed by atoms with Crippen molar-refractivity contribution >= 4 is 5.97 Å². The van der Waals surface area contributed by atoms with Crippen LogP contribution >= 0.6 is 0 Å². The van der Waals surface area contributed by atoms with E-state index in [0.29, 0.717) is 11.5 Å². The van der Waals surface area contributed by atoms with Crippen LogP contribution in [-0.2, 0) is 4.74 Å². The summed E-state index contributed by atoms with van der Waals surface area (Å²) in [4.78, 5) is 19.0. The van der Waals surface area contributed by atoms with E-state index < -0.39 is 5.97 Å². The average molecular weight is 204 g/mol. The van der Waals surface area contributed by atoms with Gasteiger partial charge in [-0.2, -0.15) is 0 Å². The number of carbonyl (C=O) groups is 1. The third kappa shape index (κ3) is 1.85. The average Bonchev–Trinajstić information content (AvgIpc) is 2.82. The highest BCUT2D eigenvalue weighted by atomic mass is 16.5. The lowest BCUT2D eigenvalue weighted by atomic mass is 10.2. The number of hydrogen-bond acceptors (Lipinski definition) is 5. The van der Waals surface area contributed by atoms with Gasteiger partial charge in [-0.3, -0.25) is 0 Å². The van der Waals surface area contributed by atoms with E-state index in [1.165, 1.54) is 25.8 Å². The fourth-order valence-electron chi connectivity index (χ4n) is 1.15. The van der Waals surface area contributed by atoms with Gasteiger partial charge in [0, 0.05) is 11.8 Å². The maximum absolute atomic E-state index is 11.2. The molecule has 0 unspecified atom stereocenters. The highest BCUT2D eigenvalue weighted by Gasteiger charge is 2.09. The molecule has 0 amide bonds. The Bertz CT molecular complexity index is 465. The first kappa shape index (κ1) is 9.39. The second-order valence-corrected chi connectivity index (χ2v) is 2.76. The first-order chi connectivity index (χ1) is 7.31. The smallest absolute Gasteiger partial charge is 0.356 e. The van der Waals surface area contributed by atoms with Gasteiger partial charge in [-0.1, -0.05) is 0 Å². The second-order valence-electron chi connectivity index (χ2n) is 2.76. The van der Waals surface area contributed by atoms with E-state index in [0.717, 1.165) is 0 Å². The zero-order valence-electron chi connectivity index (χ0n) is 8.01. The molecule has 0 radical (unpaired) electrons. The summed E-state index contributed by atoms with van der Waals surface area (Å²) in [6.45, 7) is 0. The van der Waals surface area contributed by atoms with E-state index in [4.69, 9.17) is 4.42 Å². The van der Waals surface area contributed by atoms with Crippen LogP contribution in [0.1, 0.15) is 10.5 Å². The third-order valence-electron chi connectivity index (χ3n) is 1.83. The van der Waals surface area contributed by atoms with E-state index in [2.05, 4.69) is 14.7 Å². The lowest BCUT2D eigenvalue weighted by Crippen LogP contribution is -2.03. The van der Waals surface area contributed by atoms with Crippen molar-refractivity contribution in [2.45, 2.75) is 0 Å². The van der Waals surface area contributed by atoms with Crippen molar-refractivity contribution < 1.29 is 13.9 Å². The van der Waals surface area contributed by atoms with Crippen LogP contribution in [0.3, 0.4) is 0 Å². The van der Waals surface area contributed by atoms with Gasteiger partial charge in [-0.15, -0.1) is 0 Å². The van der Waals surface area contributed by atoms with Crippen molar-refractivity contribution in [3.63, 3.8) is 0 Å². The number of hydrogen-bond donors (Lipinski definition) is 0. The summed E-state index contributed by atoms with van der Waals surface area (Å²) in [5.41, 5.74) is 0.920. The molecule has 2 heterocycles. The second kappa shape index (κ2) is 3.91. The molecule has 0 saturated carbocycles. The van der Waals surface area contributed by atoms with Crippen LogP contribution in [0.25, 0.3) is 11.5 Å². The fourth-order valence-corrected chi connectivity index (χ4v) is 1.15.